The van der Waals surface area contributed by atoms with E-state index in [0.29, 0.717) is 6.54 Å². The lowest BCUT2D eigenvalue weighted by molar-refractivity contribution is -0.151. The van der Waals surface area contributed by atoms with Gasteiger partial charge in [-0.05, 0) is 28.1 Å². The van der Waals surface area contributed by atoms with Crippen molar-refractivity contribution >= 4 is 23.2 Å². The fourth-order valence-corrected chi connectivity index (χ4v) is 3.40. The first-order chi connectivity index (χ1) is 13.1. The van der Waals surface area contributed by atoms with Crippen molar-refractivity contribution in [3.05, 3.63) is 82.6 Å². The van der Waals surface area contributed by atoms with Gasteiger partial charge in [0.1, 0.15) is 0 Å². The SMILES string of the molecule is CN(Cc1cccs1)C(=O)COC(=O)Cc1ccc(-c2ccccc2)cc1. The van der Waals surface area contributed by atoms with Crippen molar-refractivity contribution in [1.29, 1.82) is 0 Å². The van der Waals surface area contributed by atoms with E-state index < -0.39 is 5.97 Å². The summed E-state index contributed by atoms with van der Waals surface area (Å²) >= 11 is 1.59. The fraction of sp³-hybridized carbons (Fsp3) is 0.182. The van der Waals surface area contributed by atoms with Crippen LogP contribution in [0, 0.1) is 0 Å². The molecule has 27 heavy (non-hydrogen) atoms. The summed E-state index contributed by atoms with van der Waals surface area (Å²) in [5, 5.41) is 1.97. The van der Waals surface area contributed by atoms with E-state index in [4.69, 9.17) is 4.74 Å². The summed E-state index contributed by atoms with van der Waals surface area (Å²) in [6.07, 6.45) is 0.150. The third-order valence-electron chi connectivity index (χ3n) is 4.17. The first-order valence-corrected chi connectivity index (χ1v) is 9.56. The maximum absolute atomic E-state index is 12.1. The van der Waals surface area contributed by atoms with Crippen LogP contribution in [0.15, 0.2) is 72.1 Å². The number of likely N-dealkylation sites (N-methyl/N-ethyl adjacent to an activating group) is 1. The van der Waals surface area contributed by atoms with Crippen LogP contribution >= 0.6 is 11.3 Å². The fourth-order valence-electron chi connectivity index (χ4n) is 2.64. The van der Waals surface area contributed by atoms with E-state index in [-0.39, 0.29) is 18.9 Å². The normalized spacial score (nSPS) is 10.4. The van der Waals surface area contributed by atoms with Gasteiger partial charge in [0.25, 0.3) is 5.91 Å². The maximum atomic E-state index is 12.1. The van der Waals surface area contributed by atoms with Crippen LogP contribution in [0.4, 0.5) is 0 Å². The van der Waals surface area contributed by atoms with Crippen LogP contribution in [0.5, 0.6) is 0 Å². The van der Waals surface area contributed by atoms with E-state index in [0.717, 1.165) is 21.6 Å². The number of carbonyl (C=O) groups excluding carboxylic acids is 2. The van der Waals surface area contributed by atoms with Crippen molar-refractivity contribution in [2.24, 2.45) is 0 Å². The highest BCUT2D eigenvalue weighted by atomic mass is 32.1. The van der Waals surface area contributed by atoms with Crippen molar-refractivity contribution in [2.45, 2.75) is 13.0 Å². The number of thiophene rings is 1. The Labute approximate surface area is 163 Å². The van der Waals surface area contributed by atoms with Crippen LogP contribution in [0.25, 0.3) is 11.1 Å². The summed E-state index contributed by atoms with van der Waals surface area (Å²) in [7, 11) is 1.71. The van der Waals surface area contributed by atoms with Crippen molar-refractivity contribution in [3.8, 4) is 11.1 Å². The van der Waals surface area contributed by atoms with E-state index in [1.165, 1.54) is 0 Å². The van der Waals surface area contributed by atoms with E-state index in [1.54, 1.807) is 23.3 Å². The average molecular weight is 379 g/mol. The van der Waals surface area contributed by atoms with Gasteiger partial charge < -0.3 is 9.64 Å². The minimum Gasteiger partial charge on any atom is -0.455 e. The minimum atomic E-state index is -0.402. The number of ether oxygens (including phenoxy) is 1. The maximum Gasteiger partial charge on any atom is 0.310 e. The molecule has 0 saturated carbocycles. The van der Waals surface area contributed by atoms with Crippen molar-refractivity contribution in [3.63, 3.8) is 0 Å². The highest BCUT2D eigenvalue weighted by Gasteiger charge is 2.13. The number of hydrogen-bond acceptors (Lipinski definition) is 4. The van der Waals surface area contributed by atoms with Gasteiger partial charge in [0, 0.05) is 11.9 Å². The highest BCUT2D eigenvalue weighted by Crippen LogP contribution is 2.19. The Morgan fingerprint density at radius 1 is 0.926 bits per heavy atom. The lowest BCUT2D eigenvalue weighted by Gasteiger charge is -2.16. The van der Waals surface area contributed by atoms with Gasteiger partial charge in [-0.25, -0.2) is 0 Å². The van der Waals surface area contributed by atoms with Gasteiger partial charge in [0.2, 0.25) is 0 Å². The van der Waals surface area contributed by atoms with Crippen LogP contribution in [0.1, 0.15) is 10.4 Å². The Bertz CT molecular complexity index is 874. The number of esters is 1. The second-order valence-electron chi connectivity index (χ2n) is 6.23. The first-order valence-electron chi connectivity index (χ1n) is 8.68. The van der Waals surface area contributed by atoms with Crippen LogP contribution in [-0.4, -0.2) is 30.4 Å². The lowest BCUT2D eigenvalue weighted by atomic mass is 10.0. The zero-order valence-electron chi connectivity index (χ0n) is 15.1. The molecule has 0 atom stereocenters. The molecule has 0 radical (unpaired) electrons. The predicted octanol–water partition coefficient (Wildman–Crippen LogP) is 4.16. The van der Waals surface area contributed by atoms with E-state index in [2.05, 4.69) is 0 Å². The highest BCUT2D eigenvalue weighted by molar-refractivity contribution is 7.09. The molecule has 4 nitrogen and oxygen atoms in total. The first kappa shape index (κ1) is 18.9. The second-order valence-corrected chi connectivity index (χ2v) is 7.26. The summed E-state index contributed by atoms with van der Waals surface area (Å²) in [5.74, 6) is -0.614. The van der Waals surface area contributed by atoms with Crippen LogP contribution in [0.2, 0.25) is 0 Å². The molecule has 1 heterocycles. The number of nitrogens with zero attached hydrogens (tertiary/aromatic N) is 1. The predicted molar refractivity (Wildman–Crippen MR) is 107 cm³/mol. The van der Waals surface area contributed by atoms with Crippen LogP contribution in [-0.2, 0) is 27.3 Å². The molecular formula is C22H21NO3S. The molecule has 3 rings (SSSR count). The number of rotatable bonds is 7. The van der Waals surface area contributed by atoms with Crippen molar-refractivity contribution in [2.75, 3.05) is 13.7 Å². The van der Waals surface area contributed by atoms with Gasteiger partial charge in [-0.2, -0.15) is 0 Å². The number of amides is 1. The summed E-state index contributed by atoms with van der Waals surface area (Å²) in [5.41, 5.74) is 3.09. The second kappa shape index (κ2) is 9.14. The smallest absolute Gasteiger partial charge is 0.310 e. The Kier molecular flexibility index (Phi) is 6.39. The standard InChI is InChI=1S/C22H21NO3S/c1-23(15-20-8-5-13-27-20)21(24)16-26-22(25)14-17-9-11-19(12-10-17)18-6-3-2-4-7-18/h2-13H,14-16H2,1H3. The summed E-state index contributed by atoms with van der Waals surface area (Å²) < 4.78 is 5.14. The molecule has 0 N–H and O–H groups in total. The summed E-state index contributed by atoms with van der Waals surface area (Å²) in [6, 6.07) is 21.8. The molecule has 5 heteroatoms. The number of carbonyl (C=O) groups is 2. The summed E-state index contributed by atoms with van der Waals surface area (Å²) in [6.45, 7) is 0.289. The molecule has 1 amide bonds. The largest absolute Gasteiger partial charge is 0.455 e. The lowest BCUT2D eigenvalue weighted by Crippen LogP contribution is -2.30. The molecule has 1 aromatic heterocycles. The molecule has 3 aromatic rings. The van der Waals surface area contributed by atoms with Gasteiger partial charge in [-0.3, -0.25) is 9.59 Å². The average Bonchev–Trinajstić information content (AvgIpc) is 3.20. The van der Waals surface area contributed by atoms with Crippen molar-refractivity contribution < 1.29 is 14.3 Å². The van der Waals surface area contributed by atoms with Gasteiger partial charge >= 0.3 is 5.97 Å². The zero-order chi connectivity index (χ0) is 19.1. The Morgan fingerprint density at radius 3 is 2.30 bits per heavy atom. The van der Waals surface area contributed by atoms with Gasteiger partial charge in [0.05, 0.1) is 13.0 Å². The molecule has 0 saturated heterocycles. The Morgan fingerprint density at radius 2 is 1.63 bits per heavy atom. The quantitative estimate of drug-likeness (QED) is 0.579. The van der Waals surface area contributed by atoms with E-state index >= 15 is 0 Å². The molecule has 0 fully saturated rings. The molecular weight excluding hydrogens is 358 g/mol. The van der Waals surface area contributed by atoms with E-state index in [9.17, 15) is 9.59 Å². The molecule has 138 valence electrons. The third-order valence-corrected chi connectivity index (χ3v) is 5.03. The molecule has 0 spiro atoms. The zero-order valence-corrected chi connectivity index (χ0v) is 15.9. The van der Waals surface area contributed by atoms with E-state index in [1.807, 2.05) is 72.1 Å². The van der Waals surface area contributed by atoms with Crippen LogP contribution in [0.3, 0.4) is 0 Å². The minimum absolute atomic E-state index is 0.150. The van der Waals surface area contributed by atoms with Gasteiger partial charge in [-0.15, -0.1) is 11.3 Å². The third kappa shape index (κ3) is 5.53. The van der Waals surface area contributed by atoms with Crippen LogP contribution < -0.4 is 0 Å². The van der Waals surface area contributed by atoms with Crippen molar-refractivity contribution in [1.82, 2.24) is 4.90 Å². The molecule has 0 unspecified atom stereocenters. The number of hydrogen-bond donors (Lipinski definition) is 0. The van der Waals surface area contributed by atoms with Gasteiger partial charge in [0.15, 0.2) is 6.61 Å². The summed E-state index contributed by atoms with van der Waals surface area (Å²) in [4.78, 5) is 26.8. The molecule has 0 bridgehead atoms. The molecule has 2 aromatic carbocycles. The molecule has 0 aliphatic carbocycles. The Balaban J connectivity index is 1.47. The van der Waals surface area contributed by atoms with Gasteiger partial charge in [-0.1, -0.05) is 60.7 Å². The Hall–Kier alpha value is -2.92. The number of benzene rings is 2. The molecule has 0 aliphatic rings. The molecule has 0 aliphatic heterocycles. The monoisotopic (exact) mass is 379 g/mol. The topological polar surface area (TPSA) is 46.6 Å².